The van der Waals surface area contributed by atoms with Crippen molar-refractivity contribution in [3.63, 3.8) is 0 Å². The van der Waals surface area contributed by atoms with Gasteiger partial charge in [0.05, 0.1) is 5.69 Å². The summed E-state index contributed by atoms with van der Waals surface area (Å²) in [6.07, 6.45) is 0.750. The summed E-state index contributed by atoms with van der Waals surface area (Å²) < 4.78 is 2.78. The fourth-order valence-electron chi connectivity index (χ4n) is 1.99. The summed E-state index contributed by atoms with van der Waals surface area (Å²) in [7, 11) is 1.85. The van der Waals surface area contributed by atoms with Crippen molar-refractivity contribution in [3.8, 4) is 0 Å². The molecule has 1 aromatic heterocycles. The Labute approximate surface area is 137 Å². The van der Waals surface area contributed by atoms with E-state index in [1.807, 2.05) is 26.1 Å². The molecule has 0 bridgehead atoms. The molecule has 0 saturated carbocycles. The van der Waals surface area contributed by atoms with E-state index >= 15 is 0 Å². The first-order chi connectivity index (χ1) is 9.47. The number of nitrogens with two attached hydrogens (primary N) is 1. The van der Waals surface area contributed by atoms with Gasteiger partial charge in [0, 0.05) is 33.8 Å². The Bertz CT molecular complexity index is 600. The van der Waals surface area contributed by atoms with E-state index in [1.165, 1.54) is 4.90 Å². The van der Waals surface area contributed by atoms with E-state index in [2.05, 4.69) is 33.2 Å². The number of benzene rings is 1. The van der Waals surface area contributed by atoms with Gasteiger partial charge in [-0.05, 0) is 31.5 Å². The second-order valence-corrected chi connectivity index (χ2v) is 7.08. The lowest BCUT2D eigenvalue weighted by Crippen LogP contribution is -2.25. The highest BCUT2D eigenvalue weighted by molar-refractivity contribution is 9.10. The number of nitrogens with zero attached hydrogens (tertiary/aromatic N) is 2. The first-order valence-electron chi connectivity index (χ1n) is 6.29. The predicted octanol–water partition coefficient (Wildman–Crippen LogP) is 3.81. The molecule has 0 fully saturated rings. The number of aromatic nitrogens is 2. The number of rotatable bonds is 5. The van der Waals surface area contributed by atoms with Crippen LogP contribution in [0.3, 0.4) is 0 Å². The molecular formula is C14H17BrClN3S. The third-order valence-electron chi connectivity index (χ3n) is 3.00. The van der Waals surface area contributed by atoms with Crippen LogP contribution in [0.1, 0.15) is 11.3 Å². The van der Waals surface area contributed by atoms with Crippen molar-refractivity contribution in [2.45, 2.75) is 24.3 Å². The van der Waals surface area contributed by atoms with Crippen LogP contribution in [-0.4, -0.2) is 21.6 Å². The van der Waals surface area contributed by atoms with Crippen LogP contribution in [0.25, 0.3) is 0 Å². The largest absolute Gasteiger partial charge is 0.327 e. The Morgan fingerprint density at radius 3 is 2.85 bits per heavy atom. The summed E-state index contributed by atoms with van der Waals surface area (Å²) in [6, 6.07) is 8.28. The first kappa shape index (κ1) is 15.9. The van der Waals surface area contributed by atoms with E-state index in [0.717, 1.165) is 27.9 Å². The molecule has 1 unspecified atom stereocenters. The minimum absolute atomic E-state index is 0.0550. The molecule has 1 atom stereocenters. The van der Waals surface area contributed by atoms with Gasteiger partial charge in [-0.15, -0.1) is 11.8 Å². The lowest BCUT2D eigenvalue weighted by atomic mass is 10.1. The summed E-state index contributed by atoms with van der Waals surface area (Å²) in [5.74, 6) is 0.848. The predicted molar refractivity (Wildman–Crippen MR) is 89.5 cm³/mol. The van der Waals surface area contributed by atoms with Gasteiger partial charge in [-0.3, -0.25) is 4.68 Å². The van der Waals surface area contributed by atoms with Crippen LogP contribution in [0.5, 0.6) is 0 Å². The number of thioether (sulfide) groups is 1. The van der Waals surface area contributed by atoms with Gasteiger partial charge < -0.3 is 5.73 Å². The molecule has 0 aliphatic carbocycles. The van der Waals surface area contributed by atoms with Gasteiger partial charge in [0.1, 0.15) is 5.15 Å². The number of halogens is 2. The average molecular weight is 375 g/mol. The molecule has 0 aliphatic heterocycles. The monoisotopic (exact) mass is 373 g/mol. The second kappa shape index (κ2) is 6.98. The molecule has 1 aromatic carbocycles. The molecule has 2 rings (SSSR count). The van der Waals surface area contributed by atoms with Gasteiger partial charge in [0.2, 0.25) is 0 Å². The van der Waals surface area contributed by atoms with E-state index in [9.17, 15) is 0 Å². The van der Waals surface area contributed by atoms with Crippen LogP contribution < -0.4 is 5.73 Å². The molecule has 0 saturated heterocycles. The summed E-state index contributed by atoms with van der Waals surface area (Å²) >= 11 is 11.5. The molecular weight excluding hydrogens is 358 g/mol. The van der Waals surface area contributed by atoms with Crippen molar-refractivity contribution < 1.29 is 0 Å². The summed E-state index contributed by atoms with van der Waals surface area (Å²) in [5, 5.41) is 5.00. The van der Waals surface area contributed by atoms with E-state index in [-0.39, 0.29) is 6.04 Å². The molecule has 20 heavy (non-hydrogen) atoms. The summed E-state index contributed by atoms with van der Waals surface area (Å²) in [4.78, 5) is 1.21. The zero-order valence-corrected chi connectivity index (χ0v) is 14.6. The van der Waals surface area contributed by atoms with Gasteiger partial charge in [-0.25, -0.2) is 0 Å². The lowest BCUT2D eigenvalue weighted by Gasteiger charge is -2.11. The van der Waals surface area contributed by atoms with Crippen molar-refractivity contribution in [2.75, 3.05) is 5.75 Å². The quantitative estimate of drug-likeness (QED) is 0.809. The zero-order chi connectivity index (χ0) is 14.7. The van der Waals surface area contributed by atoms with Crippen molar-refractivity contribution >= 4 is 39.3 Å². The smallest absolute Gasteiger partial charge is 0.130 e. The minimum Gasteiger partial charge on any atom is -0.327 e. The van der Waals surface area contributed by atoms with E-state index in [1.54, 1.807) is 16.4 Å². The summed E-state index contributed by atoms with van der Waals surface area (Å²) in [6.45, 7) is 1.97. The number of hydrogen-bond donors (Lipinski definition) is 1. The molecule has 2 N–H and O–H groups in total. The Morgan fingerprint density at radius 2 is 2.25 bits per heavy atom. The maximum atomic E-state index is 6.23. The number of hydrogen-bond acceptors (Lipinski definition) is 3. The molecule has 0 spiro atoms. The van der Waals surface area contributed by atoms with Crippen LogP contribution in [0.15, 0.2) is 33.6 Å². The highest BCUT2D eigenvalue weighted by Crippen LogP contribution is 2.24. The molecule has 6 heteroatoms. The van der Waals surface area contributed by atoms with Crippen molar-refractivity contribution in [2.24, 2.45) is 12.8 Å². The van der Waals surface area contributed by atoms with Crippen LogP contribution in [0.4, 0.5) is 0 Å². The SMILES string of the molecule is Cc1nn(C)c(Cl)c1CC(N)CSc1cccc(Br)c1. The molecule has 0 aliphatic rings. The molecule has 3 nitrogen and oxygen atoms in total. The van der Waals surface area contributed by atoms with E-state index in [4.69, 9.17) is 17.3 Å². The molecule has 0 radical (unpaired) electrons. The van der Waals surface area contributed by atoms with E-state index < -0.39 is 0 Å². The van der Waals surface area contributed by atoms with Crippen LogP contribution in [-0.2, 0) is 13.5 Å². The number of aryl methyl sites for hydroxylation is 2. The van der Waals surface area contributed by atoms with Gasteiger partial charge in [0.15, 0.2) is 0 Å². The lowest BCUT2D eigenvalue weighted by molar-refractivity contribution is 0.743. The average Bonchev–Trinajstić information content (AvgIpc) is 2.63. The van der Waals surface area contributed by atoms with Gasteiger partial charge in [-0.2, -0.15) is 5.10 Å². The Kier molecular flexibility index (Phi) is 5.55. The van der Waals surface area contributed by atoms with Crippen molar-refractivity contribution in [1.82, 2.24) is 9.78 Å². The summed E-state index contributed by atoms with van der Waals surface area (Å²) in [5.41, 5.74) is 8.22. The van der Waals surface area contributed by atoms with Gasteiger partial charge in [0.25, 0.3) is 0 Å². The molecule has 1 heterocycles. The molecule has 108 valence electrons. The standard InChI is InChI=1S/C14H17BrClN3S/c1-9-13(14(16)19(2)18-9)7-11(17)8-20-12-5-3-4-10(15)6-12/h3-6,11H,7-8,17H2,1-2H3. The molecule has 2 aromatic rings. The highest BCUT2D eigenvalue weighted by atomic mass is 79.9. The fraction of sp³-hybridized carbons (Fsp3) is 0.357. The van der Waals surface area contributed by atoms with Gasteiger partial charge >= 0.3 is 0 Å². The Hall–Kier alpha value is -0.490. The van der Waals surface area contributed by atoms with Gasteiger partial charge in [-0.1, -0.05) is 33.6 Å². The van der Waals surface area contributed by atoms with Crippen molar-refractivity contribution in [1.29, 1.82) is 0 Å². The first-order valence-corrected chi connectivity index (χ1v) is 8.45. The second-order valence-electron chi connectivity index (χ2n) is 4.71. The Morgan fingerprint density at radius 1 is 1.50 bits per heavy atom. The maximum Gasteiger partial charge on any atom is 0.130 e. The van der Waals surface area contributed by atoms with Crippen LogP contribution in [0, 0.1) is 6.92 Å². The van der Waals surface area contributed by atoms with Crippen LogP contribution in [0.2, 0.25) is 5.15 Å². The minimum atomic E-state index is 0.0550. The fourth-order valence-corrected chi connectivity index (χ4v) is 3.70. The zero-order valence-electron chi connectivity index (χ0n) is 11.4. The van der Waals surface area contributed by atoms with Crippen molar-refractivity contribution in [3.05, 3.63) is 45.1 Å². The maximum absolute atomic E-state index is 6.23. The normalized spacial score (nSPS) is 12.7. The topological polar surface area (TPSA) is 43.8 Å². The third kappa shape index (κ3) is 4.01. The highest BCUT2D eigenvalue weighted by Gasteiger charge is 2.15. The Balaban J connectivity index is 1.94. The third-order valence-corrected chi connectivity index (χ3v) is 5.14. The van der Waals surface area contributed by atoms with Crippen LogP contribution >= 0.6 is 39.3 Å². The molecule has 0 amide bonds. The van der Waals surface area contributed by atoms with E-state index in [0.29, 0.717) is 5.15 Å².